The zero-order chi connectivity index (χ0) is 18.0. The van der Waals surface area contributed by atoms with Gasteiger partial charge in [0.25, 0.3) is 5.91 Å². The molecule has 0 unspecified atom stereocenters. The van der Waals surface area contributed by atoms with E-state index in [9.17, 15) is 4.79 Å². The summed E-state index contributed by atoms with van der Waals surface area (Å²) in [6.07, 6.45) is 2.22. The molecule has 0 saturated carbocycles. The summed E-state index contributed by atoms with van der Waals surface area (Å²) in [6.45, 7) is 2.69. The van der Waals surface area contributed by atoms with Crippen LogP contribution in [0.25, 0.3) is 0 Å². The summed E-state index contributed by atoms with van der Waals surface area (Å²) in [4.78, 5) is 18.7. The number of hydrazine groups is 1. The Morgan fingerprint density at radius 2 is 2.08 bits per heavy atom. The van der Waals surface area contributed by atoms with Crippen LogP contribution >= 0.6 is 11.6 Å². The fraction of sp³-hybridized carbons (Fsp3) is 0.222. The van der Waals surface area contributed by atoms with Gasteiger partial charge in [-0.2, -0.15) is 0 Å². The second-order valence-corrected chi connectivity index (χ2v) is 6.32. The number of hydrogen-bond donors (Lipinski definition) is 2. The predicted octanol–water partition coefficient (Wildman–Crippen LogP) is 2.44. The predicted molar refractivity (Wildman–Crippen MR) is 98.8 cm³/mol. The molecule has 0 radical (unpaired) electrons. The van der Waals surface area contributed by atoms with Gasteiger partial charge < -0.3 is 10.6 Å². The van der Waals surface area contributed by atoms with Gasteiger partial charge in [0.15, 0.2) is 0 Å². The molecule has 25 heavy (non-hydrogen) atoms. The lowest BCUT2D eigenvalue weighted by atomic mass is 10.1. The number of amides is 1. The zero-order valence-electron chi connectivity index (χ0n) is 13.9. The molecule has 4 N–H and O–H groups in total. The smallest absolute Gasteiger partial charge is 0.255 e. The van der Waals surface area contributed by atoms with Crippen LogP contribution in [0.2, 0.25) is 5.02 Å². The molecule has 6 nitrogen and oxygen atoms in total. The average molecular weight is 358 g/mol. The minimum absolute atomic E-state index is 0.128. The third-order valence-electron chi connectivity index (χ3n) is 4.25. The monoisotopic (exact) mass is 357 g/mol. The van der Waals surface area contributed by atoms with Gasteiger partial charge in [0, 0.05) is 24.9 Å². The van der Waals surface area contributed by atoms with Crippen molar-refractivity contribution >= 4 is 23.3 Å². The van der Waals surface area contributed by atoms with E-state index in [0.29, 0.717) is 41.6 Å². The number of hydrogen-bond acceptors (Lipinski definition) is 5. The van der Waals surface area contributed by atoms with Crippen molar-refractivity contribution in [1.82, 2.24) is 9.88 Å². The molecule has 0 fully saturated rings. The van der Waals surface area contributed by atoms with E-state index in [1.807, 2.05) is 37.3 Å². The Labute approximate surface area is 151 Å². The zero-order valence-corrected chi connectivity index (χ0v) is 14.7. The van der Waals surface area contributed by atoms with Gasteiger partial charge in [-0.25, -0.2) is 10.8 Å². The summed E-state index contributed by atoms with van der Waals surface area (Å²) in [5.41, 5.74) is 8.89. The van der Waals surface area contributed by atoms with Crippen LogP contribution in [0, 0.1) is 6.92 Å². The standard InChI is InChI=1S/C18H20ClN5O/c1-12-5-4-6-13(17(12)19)18(25)23-10-8-15(14(20)11-23)24(21)16-7-2-3-9-22-16/h2-7,9H,8,10-11,20-21H2,1H3. The quantitative estimate of drug-likeness (QED) is 0.650. The van der Waals surface area contributed by atoms with Crippen molar-refractivity contribution in [2.45, 2.75) is 13.3 Å². The first kappa shape index (κ1) is 17.3. The normalized spacial score (nSPS) is 14.6. The third-order valence-corrected chi connectivity index (χ3v) is 4.75. The number of rotatable bonds is 3. The van der Waals surface area contributed by atoms with Crippen molar-refractivity contribution in [1.29, 1.82) is 0 Å². The summed E-state index contributed by atoms with van der Waals surface area (Å²) < 4.78 is 0. The van der Waals surface area contributed by atoms with Crippen LogP contribution in [0.1, 0.15) is 22.3 Å². The molecule has 1 aromatic carbocycles. The van der Waals surface area contributed by atoms with Crippen LogP contribution in [0.5, 0.6) is 0 Å². The van der Waals surface area contributed by atoms with Crippen LogP contribution in [0.15, 0.2) is 54.0 Å². The molecule has 2 aromatic rings. The number of nitrogens with zero attached hydrogens (tertiary/aromatic N) is 3. The minimum Gasteiger partial charge on any atom is -0.399 e. The molecule has 1 aromatic heterocycles. The Hall–Kier alpha value is -2.57. The van der Waals surface area contributed by atoms with Crippen molar-refractivity contribution in [3.8, 4) is 0 Å². The van der Waals surface area contributed by atoms with Gasteiger partial charge in [-0.15, -0.1) is 0 Å². The molecule has 0 bridgehead atoms. The maximum atomic E-state index is 12.8. The van der Waals surface area contributed by atoms with Gasteiger partial charge in [-0.05, 0) is 30.7 Å². The number of benzene rings is 1. The molecule has 3 rings (SSSR count). The van der Waals surface area contributed by atoms with Crippen molar-refractivity contribution in [3.63, 3.8) is 0 Å². The van der Waals surface area contributed by atoms with E-state index >= 15 is 0 Å². The number of carbonyl (C=O) groups excluding carboxylic acids is 1. The van der Waals surface area contributed by atoms with E-state index in [1.165, 1.54) is 5.01 Å². The van der Waals surface area contributed by atoms with E-state index in [2.05, 4.69) is 4.98 Å². The lowest BCUT2D eigenvalue weighted by molar-refractivity contribution is 0.0762. The highest BCUT2D eigenvalue weighted by atomic mass is 35.5. The first-order chi connectivity index (χ1) is 12.0. The van der Waals surface area contributed by atoms with Crippen LogP contribution in [-0.2, 0) is 0 Å². The van der Waals surface area contributed by atoms with Crippen LogP contribution < -0.4 is 16.6 Å². The summed E-state index contributed by atoms with van der Waals surface area (Å²) >= 11 is 6.28. The minimum atomic E-state index is -0.128. The maximum Gasteiger partial charge on any atom is 0.255 e. The van der Waals surface area contributed by atoms with Gasteiger partial charge in [-0.1, -0.05) is 29.8 Å². The molecule has 1 aliphatic heterocycles. The second-order valence-electron chi connectivity index (χ2n) is 5.94. The van der Waals surface area contributed by atoms with Crippen LogP contribution in [0.4, 0.5) is 5.82 Å². The number of nitrogens with two attached hydrogens (primary N) is 2. The molecule has 0 spiro atoms. The van der Waals surface area contributed by atoms with Crippen molar-refractivity contribution < 1.29 is 4.79 Å². The number of carbonyl (C=O) groups is 1. The van der Waals surface area contributed by atoms with Crippen molar-refractivity contribution in [2.75, 3.05) is 18.1 Å². The molecule has 0 aliphatic carbocycles. The third kappa shape index (κ3) is 3.45. The maximum absolute atomic E-state index is 12.8. The van der Waals surface area contributed by atoms with Gasteiger partial charge in [-0.3, -0.25) is 9.80 Å². The second kappa shape index (κ2) is 7.13. The first-order valence-corrected chi connectivity index (χ1v) is 8.34. The Morgan fingerprint density at radius 1 is 1.28 bits per heavy atom. The van der Waals surface area contributed by atoms with Gasteiger partial charge in [0.05, 0.1) is 22.8 Å². The topological polar surface area (TPSA) is 88.5 Å². The van der Waals surface area contributed by atoms with Crippen LogP contribution in [-0.4, -0.2) is 28.9 Å². The number of pyridine rings is 1. The molecule has 1 aliphatic rings. The first-order valence-electron chi connectivity index (χ1n) is 7.96. The summed E-state index contributed by atoms with van der Waals surface area (Å²) in [5, 5.41) is 1.96. The fourth-order valence-corrected chi connectivity index (χ4v) is 3.05. The van der Waals surface area contributed by atoms with Crippen LogP contribution in [0.3, 0.4) is 0 Å². The number of aromatic nitrogens is 1. The molecule has 1 amide bonds. The van der Waals surface area contributed by atoms with E-state index in [4.69, 9.17) is 23.2 Å². The van der Waals surface area contributed by atoms with E-state index < -0.39 is 0 Å². The van der Waals surface area contributed by atoms with Gasteiger partial charge in [0.2, 0.25) is 0 Å². The largest absolute Gasteiger partial charge is 0.399 e. The van der Waals surface area contributed by atoms with Crippen molar-refractivity contribution in [2.24, 2.45) is 11.6 Å². The molecule has 2 heterocycles. The lowest BCUT2D eigenvalue weighted by Crippen LogP contribution is -2.44. The van der Waals surface area contributed by atoms with E-state index in [1.54, 1.807) is 17.2 Å². The van der Waals surface area contributed by atoms with E-state index in [-0.39, 0.29) is 5.91 Å². The summed E-state index contributed by atoms with van der Waals surface area (Å²) in [7, 11) is 0. The average Bonchev–Trinajstić information content (AvgIpc) is 2.63. The van der Waals surface area contributed by atoms with E-state index in [0.717, 1.165) is 11.3 Å². The molecule has 0 saturated heterocycles. The number of anilines is 1. The Bertz CT molecular complexity index is 821. The highest BCUT2D eigenvalue weighted by Gasteiger charge is 2.26. The molecule has 130 valence electrons. The molecular weight excluding hydrogens is 338 g/mol. The van der Waals surface area contributed by atoms with Gasteiger partial charge in [0.1, 0.15) is 5.82 Å². The Balaban J connectivity index is 1.80. The van der Waals surface area contributed by atoms with Crippen molar-refractivity contribution in [3.05, 3.63) is 70.1 Å². The highest BCUT2D eigenvalue weighted by molar-refractivity contribution is 6.34. The Morgan fingerprint density at radius 3 is 2.76 bits per heavy atom. The fourth-order valence-electron chi connectivity index (χ4n) is 2.84. The summed E-state index contributed by atoms with van der Waals surface area (Å²) in [6, 6.07) is 10.9. The molecule has 7 heteroatoms. The Kier molecular flexibility index (Phi) is 4.92. The number of halogens is 1. The highest BCUT2D eigenvalue weighted by Crippen LogP contribution is 2.25. The van der Waals surface area contributed by atoms with Gasteiger partial charge >= 0.3 is 0 Å². The lowest BCUT2D eigenvalue weighted by Gasteiger charge is -2.33. The number of aryl methyl sites for hydroxylation is 1. The summed E-state index contributed by atoms with van der Waals surface area (Å²) in [5.74, 6) is 6.63. The molecule has 0 atom stereocenters. The SMILES string of the molecule is Cc1cccc(C(=O)N2CCC(N(N)c3ccccn3)=C(N)C2)c1Cl. The molecular formula is C18H20ClN5O.